The van der Waals surface area contributed by atoms with E-state index in [1.165, 1.54) is 6.07 Å². The van der Waals surface area contributed by atoms with E-state index < -0.39 is 10.0 Å². The van der Waals surface area contributed by atoms with Gasteiger partial charge in [-0.15, -0.1) is 0 Å². The van der Waals surface area contributed by atoms with E-state index in [-0.39, 0.29) is 18.0 Å². The van der Waals surface area contributed by atoms with Crippen molar-refractivity contribution in [2.75, 3.05) is 13.2 Å². The number of benzene rings is 2. The molecule has 2 rings (SSSR count). The van der Waals surface area contributed by atoms with Crippen LogP contribution in [0.5, 0.6) is 5.75 Å². The predicted octanol–water partition coefficient (Wildman–Crippen LogP) is 3.62. The van der Waals surface area contributed by atoms with E-state index in [0.717, 1.165) is 22.4 Å². The molecule has 0 aliphatic heterocycles. The maximum atomic E-state index is 12.2. The Bertz CT molecular complexity index is 803. The number of aryl methyl sites for hydroxylation is 3. The van der Waals surface area contributed by atoms with Crippen molar-refractivity contribution in [1.82, 2.24) is 4.72 Å². The molecule has 0 aromatic heterocycles. The van der Waals surface area contributed by atoms with Gasteiger partial charge in [0.25, 0.3) is 0 Å². The topological polar surface area (TPSA) is 55.4 Å². The van der Waals surface area contributed by atoms with Crippen molar-refractivity contribution >= 4 is 21.6 Å². The summed E-state index contributed by atoms with van der Waals surface area (Å²) in [6.45, 7) is 6.16. The summed E-state index contributed by atoms with van der Waals surface area (Å²) in [4.78, 5) is 0.200. The summed E-state index contributed by atoms with van der Waals surface area (Å²) < 4.78 is 32.6. The van der Waals surface area contributed by atoms with E-state index in [4.69, 9.17) is 16.3 Å². The Kier molecular flexibility index (Phi) is 5.68. The lowest BCUT2D eigenvalue weighted by molar-refractivity contribution is 0.320. The molecule has 0 aliphatic rings. The van der Waals surface area contributed by atoms with E-state index >= 15 is 0 Å². The van der Waals surface area contributed by atoms with Gasteiger partial charge in [0, 0.05) is 11.6 Å². The van der Waals surface area contributed by atoms with Crippen molar-refractivity contribution in [3.63, 3.8) is 0 Å². The van der Waals surface area contributed by atoms with Gasteiger partial charge in [-0.25, -0.2) is 13.1 Å². The maximum absolute atomic E-state index is 12.2. The van der Waals surface area contributed by atoms with Gasteiger partial charge in [0.2, 0.25) is 10.0 Å². The first-order chi connectivity index (χ1) is 10.8. The third kappa shape index (κ3) is 4.70. The molecule has 0 unspecified atom stereocenters. The van der Waals surface area contributed by atoms with E-state index in [9.17, 15) is 8.42 Å². The van der Waals surface area contributed by atoms with Crippen molar-refractivity contribution in [1.29, 1.82) is 0 Å². The second kappa shape index (κ2) is 7.34. The first-order valence-electron chi connectivity index (χ1n) is 7.25. The van der Waals surface area contributed by atoms with Gasteiger partial charge >= 0.3 is 0 Å². The summed E-state index contributed by atoms with van der Waals surface area (Å²) in [5.74, 6) is 0.770. The number of nitrogens with one attached hydrogen (secondary N) is 1. The van der Waals surface area contributed by atoms with E-state index in [1.54, 1.807) is 19.1 Å². The number of rotatable bonds is 6. The largest absolute Gasteiger partial charge is 0.492 e. The quantitative estimate of drug-likeness (QED) is 0.807. The van der Waals surface area contributed by atoms with E-state index in [2.05, 4.69) is 4.72 Å². The monoisotopic (exact) mass is 353 g/mol. The van der Waals surface area contributed by atoms with Gasteiger partial charge < -0.3 is 4.74 Å². The molecule has 0 saturated carbocycles. The smallest absolute Gasteiger partial charge is 0.240 e. The van der Waals surface area contributed by atoms with Crippen LogP contribution in [0.2, 0.25) is 5.02 Å². The molecular weight excluding hydrogens is 334 g/mol. The van der Waals surface area contributed by atoms with Crippen LogP contribution in [0.15, 0.2) is 41.3 Å². The molecule has 0 bridgehead atoms. The highest BCUT2D eigenvalue weighted by molar-refractivity contribution is 7.89. The lowest BCUT2D eigenvalue weighted by Gasteiger charge is -2.11. The first kappa shape index (κ1) is 17.8. The first-order valence-corrected chi connectivity index (χ1v) is 9.11. The average Bonchev–Trinajstić information content (AvgIpc) is 2.49. The van der Waals surface area contributed by atoms with Gasteiger partial charge in [-0.3, -0.25) is 0 Å². The number of sulfonamides is 1. The number of halogens is 1. The SMILES string of the molecule is Cc1ccc(C)c(OCCNS(=O)(=O)c2ccc(Cl)c(C)c2)c1. The van der Waals surface area contributed by atoms with Crippen molar-refractivity contribution in [3.05, 3.63) is 58.1 Å². The van der Waals surface area contributed by atoms with Crippen LogP contribution in [-0.2, 0) is 10.0 Å². The molecule has 4 nitrogen and oxygen atoms in total. The molecule has 0 aliphatic carbocycles. The van der Waals surface area contributed by atoms with Crippen LogP contribution in [-0.4, -0.2) is 21.6 Å². The number of ether oxygens (including phenoxy) is 1. The van der Waals surface area contributed by atoms with Crippen molar-refractivity contribution in [2.24, 2.45) is 0 Å². The molecular formula is C17H20ClNO3S. The van der Waals surface area contributed by atoms with Gasteiger partial charge in [0.1, 0.15) is 12.4 Å². The summed E-state index contributed by atoms with van der Waals surface area (Å²) >= 11 is 5.92. The zero-order valence-corrected chi connectivity index (χ0v) is 15.0. The zero-order chi connectivity index (χ0) is 17.0. The zero-order valence-electron chi connectivity index (χ0n) is 13.4. The second-order valence-corrected chi connectivity index (χ2v) is 7.60. The predicted molar refractivity (Wildman–Crippen MR) is 92.8 cm³/mol. The molecule has 23 heavy (non-hydrogen) atoms. The van der Waals surface area contributed by atoms with Crippen LogP contribution in [0.4, 0.5) is 0 Å². The molecule has 0 spiro atoms. The lowest BCUT2D eigenvalue weighted by atomic mass is 10.1. The summed E-state index contributed by atoms with van der Waals surface area (Å²) in [7, 11) is -3.56. The molecule has 1 N–H and O–H groups in total. The highest BCUT2D eigenvalue weighted by Crippen LogP contribution is 2.20. The van der Waals surface area contributed by atoms with Gasteiger partial charge in [-0.2, -0.15) is 0 Å². The van der Waals surface area contributed by atoms with Crippen LogP contribution >= 0.6 is 11.6 Å². The standard InChI is InChI=1S/C17H20ClNO3S/c1-12-4-5-13(2)17(10-12)22-9-8-19-23(20,21)15-6-7-16(18)14(3)11-15/h4-7,10-11,19H,8-9H2,1-3H3. The Balaban J connectivity index is 1.94. The van der Waals surface area contributed by atoms with Crippen LogP contribution in [0.3, 0.4) is 0 Å². The van der Waals surface area contributed by atoms with Gasteiger partial charge in [-0.05, 0) is 61.7 Å². The second-order valence-electron chi connectivity index (χ2n) is 5.43. The minimum Gasteiger partial charge on any atom is -0.492 e. The minimum absolute atomic E-state index is 0.192. The van der Waals surface area contributed by atoms with Gasteiger partial charge in [-0.1, -0.05) is 23.7 Å². The fraction of sp³-hybridized carbons (Fsp3) is 0.294. The summed E-state index contributed by atoms with van der Waals surface area (Å²) in [6.07, 6.45) is 0. The molecule has 0 amide bonds. The highest BCUT2D eigenvalue weighted by Gasteiger charge is 2.14. The Labute approximate surface area is 142 Å². The third-order valence-electron chi connectivity index (χ3n) is 3.44. The van der Waals surface area contributed by atoms with E-state index in [1.807, 2.05) is 32.0 Å². The fourth-order valence-corrected chi connectivity index (χ4v) is 3.28. The Morgan fingerprint density at radius 2 is 1.78 bits per heavy atom. The summed E-state index contributed by atoms with van der Waals surface area (Å²) in [5, 5.41) is 0.544. The van der Waals surface area contributed by atoms with Crippen molar-refractivity contribution in [3.8, 4) is 5.75 Å². The molecule has 0 fully saturated rings. The molecule has 0 radical (unpaired) electrons. The lowest BCUT2D eigenvalue weighted by Crippen LogP contribution is -2.28. The van der Waals surface area contributed by atoms with Crippen LogP contribution in [0, 0.1) is 20.8 Å². The minimum atomic E-state index is -3.56. The summed E-state index contributed by atoms with van der Waals surface area (Å²) in [6, 6.07) is 10.5. The third-order valence-corrected chi connectivity index (χ3v) is 5.32. The molecule has 2 aromatic carbocycles. The number of hydrogen-bond acceptors (Lipinski definition) is 3. The number of hydrogen-bond donors (Lipinski definition) is 1. The summed E-state index contributed by atoms with van der Waals surface area (Å²) in [5.41, 5.74) is 2.84. The van der Waals surface area contributed by atoms with Crippen LogP contribution in [0.25, 0.3) is 0 Å². The molecule has 124 valence electrons. The molecule has 0 heterocycles. The Morgan fingerprint density at radius 3 is 2.48 bits per heavy atom. The normalized spacial score (nSPS) is 11.5. The van der Waals surface area contributed by atoms with Gasteiger partial charge in [0.05, 0.1) is 4.90 Å². The molecule has 0 saturated heterocycles. The van der Waals surface area contributed by atoms with Gasteiger partial charge in [0.15, 0.2) is 0 Å². The van der Waals surface area contributed by atoms with Crippen LogP contribution < -0.4 is 9.46 Å². The molecule has 0 atom stereocenters. The molecule has 6 heteroatoms. The fourth-order valence-electron chi connectivity index (χ4n) is 2.07. The molecule has 2 aromatic rings. The highest BCUT2D eigenvalue weighted by atomic mass is 35.5. The van der Waals surface area contributed by atoms with E-state index in [0.29, 0.717) is 5.02 Å². The Morgan fingerprint density at radius 1 is 1.04 bits per heavy atom. The maximum Gasteiger partial charge on any atom is 0.240 e. The van der Waals surface area contributed by atoms with Crippen molar-refractivity contribution in [2.45, 2.75) is 25.7 Å². The van der Waals surface area contributed by atoms with Crippen LogP contribution in [0.1, 0.15) is 16.7 Å². The van der Waals surface area contributed by atoms with Crippen molar-refractivity contribution < 1.29 is 13.2 Å². The average molecular weight is 354 g/mol. The Hall–Kier alpha value is -1.56.